The smallest absolute Gasteiger partial charge is 0.118 e. The van der Waals surface area contributed by atoms with E-state index in [1.54, 1.807) is 0 Å². The van der Waals surface area contributed by atoms with Crippen LogP contribution in [0.15, 0.2) is 12.1 Å². The number of rotatable bonds is 0. The molecular formula is C15H21NO. The Hall–Kier alpha value is -1.02. The fourth-order valence-corrected chi connectivity index (χ4v) is 3.63. The molecule has 1 aliphatic carbocycles. The van der Waals surface area contributed by atoms with Gasteiger partial charge in [-0.1, -0.05) is 12.5 Å². The summed E-state index contributed by atoms with van der Waals surface area (Å²) in [6.07, 6.45) is 5.05. The van der Waals surface area contributed by atoms with Crippen LogP contribution in [-0.2, 0) is 6.42 Å². The molecule has 2 aliphatic rings. The van der Waals surface area contributed by atoms with Crippen LogP contribution in [0.3, 0.4) is 0 Å². The number of likely N-dealkylation sites (N-methyl/N-ethyl adjacent to an activating group) is 1. The SMILES string of the molecule is Cc1cc2c(cc1O)[C@H]1CCC[C@@H]1N(C)CC2. The molecule has 1 heterocycles. The summed E-state index contributed by atoms with van der Waals surface area (Å²) >= 11 is 0. The molecule has 2 nitrogen and oxygen atoms in total. The number of phenols is 1. The van der Waals surface area contributed by atoms with Crippen LogP contribution in [-0.4, -0.2) is 29.6 Å². The van der Waals surface area contributed by atoms with Gasteiger partial charge in [0.25, 0.3) is 0 Å². The highest BCUT2D eigenvalue weighted by atomic mass is 16.3. The zero-order valence-corrected chi connectivity index (χ0v) is 10.7. The number of hydrogen-bond acceptors (Lipinski definition) is 2. The molecule has 2 atom stereocenters. The van der Waals surface area contributed by atoms with Crippen molar-refractivity contribution in [3.8, 4) is 5.75 Å². The molecule has 92 valence electrons. The molecule has 0 saturated heterocycles. The lowest BCUT2D eigenvalue weighted by Crippen LogP contribution is -2.32. The van der Waals surface area contributed by atoms with E-state index in [4.69, 9.17) is 0 Å². The van der Waals surface area contributed by atoms with Crippen LogP contribution >= 0.6 is 0 Å². The van der Waals surface area contributed by atoms with Crippen LogP contribution in [0.1, 0.15) is 41.9 Å². The minimum atomic E-state index is 0.471. The van der Waals surface area contributed by atoms with Crippen molar-refractivity contribution in [1.29, 1.82) is 0 Å². The number of hydrogen-bond donors (Lipinski definition) is 1. The van der Waals surface area contributed by atoms with Crippen LogP contribution in [0.5, 0.6) is 5.75 Å². The van der Waals surface area contributed by atoms with Crippen LogP contribution < -0.4 is 0 Å². The number of fused-ring (bicyclic) bond motifs is 3. The first-order chi connectivity index (χ1) is 8.16. The lowest BCUT2D eigenvalue weighted by Gasteiger charge is -2.27. The third kappa shape index (κ3) is 1.75. The lowest BCUT2D eigenvalue weighted by molar-refractivity contribution is 0.239. The summed E-state index contributed by atoms with van der Waals surface area (Å²) in [6, 6.07) is 4.92. The van der Waals surface area contributed by atoms with E-state index < -0.39 is 0 Å². The van der Waals surface area contributed by atoms with Gasteiger partial charge in [0.05, 0.1) is 0 Å². The number of phenolic OH excluding ortho intramolecular Hbond substituents is 1. The van der Waals surface area contributed by atoms with Crippen LogP contribution in [0.2, 0.25) is 0 Å². The Labute approximate surface area is 103 Å². The second-order valence-electron chi connectivity index (χ2n) is 5.67. The van der Waals surface area contributed by atoms with E-state index in [9.17, 15) is 5.11 Å². The summed E-state index contributed by atoms with van der Waals surface area (Å²) in [5.41, 5.74) is 3.89. The van der Waals surface area contributed by atoms with Crippen molar-refractivity contribution in [2.45, 2.75) is 44.6 Å². The molecule has 0 bridgehead atoms. The Morgan fingerprint density at radius 1 is 1.29 bits per heavy atom. The molecule has 1 aromatic carbocycles. The van der Waals surface area contributed by atoms with Crippen LogP contribution in [0.25, 0.3) is 0 Å². The predicted molar refractivity (Wildman–Crippen MR) is 69.6 cm³/mol. The number of benzene rings is 1. The molecule has 17 heavy (non-hydrogen) atoms. The third-order valence-electron chi connectivity index (χ3n) is 4.64. The van der Waals surface area contributed by atoms with Crippen LogP contribution in [0, 0.1) is 6.92 Å². The number of aromatic hydroxyl groups is 1. The standard InChI is InChI=1S/C15H21NO/c1-10-8-11-6-7-16(2)14-5-3-4-12(14)13(11)9-15(10)17/h8-9,12,14,17H,3-7H2,1-2H3/t12-,14+/m1/s1. The molecule has 1 aromatic rings. The number of aryl methyl sites for hydroxylation is 1. The maximum Gasteiger partial charge on any atom is 0.118 e. The van der Waals surface area contributed by atoms with Crippen molar-refractivity contribution in [3.05, 3.63) is 28.8 Å². The molecule has 0 unspecified atom stereocenters. The van der Waals surface area contributed by atoms with Gasteiger partial charge < -0.3 is 10.0 Å². The van der Waals surface area contributed by atoms with E-state index in [1.165, 1.54) is 30.4 Å². The molecule has 0 amide bonds. The Morgan fingerprint density at radius 2 is 2.12 bits per heavy atom. The predicted octanol–water partition coefficient (Wildman–Crippen LogP) is 2.82. The minimum absolute atomic E-state index is 0.471. The van der Waals surface area contributed by atoms with Gasteiger partial charge in [-0.3, -0.25) is 0 Å². The largest absolute Gasteiger partial charge is 0.508 e. The first-order valence-corrected chi connectivity index (χ1v) is 6.69. The summed E-state index contributed by atoms with van der Waals surface area (Å²) in [4.78, 5) is 2.52. The summed E-state index contributed by atoms with van der Waals surface area (Å²) in [5.74, 6) is 1.11. The summed E-state index contributed by atoms with van der Waals surface area (Å²) in [5, 5.41) is 9.94. The molecule has 0 aromatic heterocycles. The highest BCUT2D eigenvalue weighted by Crippen LogP contribution is 2.42. The highest BCUT2D eigenvalue weighted by Gasteiger charge is 2.35. The molecule has 2 heteroatoms. The zero-order chi connectivity index (χ0) is 12.0. The number of nitrogens with zero attached hydrogens (tertiary/aromatic N) is 1. The maximum absolute atomic E-state index is 9.94. The quantitative estimate of drug-likeness (QED) is 0.742. The van der Waals surface area contributed by atoms with Crippen molar-refractivity contribution in [3.63, 3.8) is 0 Å². The van der Waals surface area contributed by atoms with E-state index >= 15 is 0 Å². The van der Waals surface area contributed by atoms with Crippen molar-refractivity contribution in [1.82, 2.24) is 4.90 Å². The first kappa shape index (κ1) is 11.1. The molecule has 1 saturated carbocycles. The van der Waals surface area contributed by atoms with E-state index in [1.807, 2.05) is 13.0 Å². The van der Waals surface area contributed by atoms with Crippen molar-refractivity contribution in [2.24, 2.45) is 0 Å². The molecule has 0 radical (unpaired) electrons. The van der Waals surface area contributed by atoms with Gasteiger partial charge in [0, 0.05) is 12.6 Å². The van der Waals surface area contributed by atoms with Gasteiger partial charge in [-0.2, -0.15) is 0 Å². The van der Waals surface area contributed by atoms with E-state index in [-0.39, 0.29) is 0 Å². The van der Waals surface area contributed by atoms with Gasteiger partial charge in [-0.15, -0.1) is 0 Å². The highest BCUT2D eigenvalue weighted by molar-refractivity contribution is 5.44. The van der Waals surface area contributed by atoms with E-state index in [0.29, 0.717) is 17.7 Å². The monoisotopic (exact) mass is 231 g/mol. The summed E-state index contributed by atoms with van der Waals surface area (Å²) < 4.78 is 0. The second kappa shape index (κ2) is 4.02. The van der Waals surface area contributed by atoms with E-state index in [2.05, 4.69) is 18.0 Å². The topological polar surface area (TPSA) is 23.5 Å². The van der Waals surface area contributed by atoms with E-state index in [0.717, 1.165) is 18.5 Å². The average molecular weight is 231 g/mol. The molecule has 3 rings (SSSR count). The molecule has 1 fully saturated rings. The fraction of sp³-hybridized carbons (Fsp3) is 0.600. The lowest BCUT2D eigenvalue weighted by atomic mass is 9.89. The first-order valence-electron chi connectivity index (χ1n) is 6.69. The Morgan fingerprint density at radius 3 is 2.94 bits per heavy atom. The average Bonchev–Trinajstić information content (AvgIpc) is 2.74. The van der Waals surface area contributed by atoms with Crippen LogP contribution in [0.4, 0.5) is 0 Å². The van der Waals surface area contributed by atoms with Crippen molar-refractivity contribution in [2.75, 3.05) is 13.6 Å². The molecule has 1 aliphatic heterocycles. The Balaban J connectivity index is 2.09. The minimum Gasteiger partial charge on any atom is -0.508 e. The van der Waals surface area contributed by atoms with Gasteiger partial charge in [0.15, 0.2) is 0 Å². The Kier molecular flexibility index (Phi) is 2.62. The van der Waals surface area contributed by atoms with Gasteiger partial charge in [-0.05, 0) is 61.9 Å². The van der Waals surface area contributed by atoms with Gasteiger partial charge in [0.1, 0.15) is 5.75 Å². The second-order valence-corrected chi connectivity index (χ2v) is 5.67. The molecule has 0 spiro atoms. The van der Waals surface area contributed by atoms with Crippen molar-refractivity contribution >= 4 is 0 Å². The van der Waals surface area contributed by atoms with Gasteiger partial charge in [-0.25, -0.2) is 0 Å². The fourth-order valence-electron chi connectivity index (χ4n) is 3.63. The maximum atomic E-state index is 9.94. The summed E-state index contributed by atoms with van der Waals surface area (Å²) in [7, 11) is 2.25. The normalized spacial score (nSPS) is 28.6. The third-order valence-corrected chi connectivity index (χ3v) is 4.64. The van der Waals surface area contributed by atoms with Crippen molar-refractivity contribution < 1.29 is 5.11 Å². The zero-order valence-electron chi connectivity index (χ0n) is 10.7. The van der Waals surface area contributed by atoms with Gasteiger partial charge >= 0.3 is 0 Å². The Bertz CT molecular complexity index is 441. The molecular weight excluding hydrogens is 210 g/mol. The molecule has 1 N–H and O–H groups in total. The van der Waals surface area contributed by atoms with Gasteiger partial charge in [0.2, 0.25) is 0 Å². The summed E-state index contributed by atoms with van der Waals surface area (Å²) in [6.45, 7) is 3.15.